The van der Waals surface area contributed by atoms with E-state index in [1.807, 2.05) is 13.0 Å². The Labute approximate surface area is 104 Å². The van der Waals surface area contributed by atoms with Crippen LogP contribution in [0.3, 0.4) is 0 Å². The van der Waals surface area contributed by atoms with Crippen molar-refractivity contribution in [1.29, 1.82) is 0 Å². The van der Waals surface area contributed by atoms with E-state index >= 15 is 0 Å². The van der Waals surface area contributed by atoms with Crippen molar-refractivity contribution < 1.29 is 9.90 Å². The number of benzene rings is 1. The number of hydrogen-bond donors (Lipinski definition) is 1. The largest absolute Gasteiger partial charge is 0.478 e. The van der Waals surface area contributed by atoms with E-state index in [0.29, 0.717) is 0 Å². The predicted octanol–water partition coefficient (Wildman–Crippen LogP) is 3.41. The third-order valence-corrected chi connectivity index (χ3v) is 2.88. The van der Waals surface area contributed by atoms with Gasteiger partial charge in [-0.15, -0.1) is 0 Å². The summed E-state index contributed by atoms with van der Waals surface area (Å²) < 4.78 is 0. The number of nitrogens with zero attached hydrogens (tertiary/aromatic N) is 1. The average molecular weight is 248 g/mol. The molecule has 0 fully saturated rings. The van der Waals surface area contributed by atoms with Crippen LogP contribution in [0.2, 0.25) is 5.02 Å². The molecule has 1 aromatic carbocycles. The first-order valence-corrected chi connectivity index (χ1v) is 5.41. The first kappa shape index (κ1) is 11.6. The highest BCUT2D eigenvalue weighted by molar-refractivity contribution is 6.33. The quantitative estimate of drug-likeness (QED) is 0.885. The lowest BCUT2D eigenvalue weighted by atomic mass is 10.0. The number of rotatable bonds is 2. The molecule has 0 aliphatic rings. The van der Waals surface area contributed by atoms with Crippen LogP contribution in [0.15, 0.2) is 36.7 Å². The number of aromatic nitrogens is 1. The number of pyridine rings is 1. The van der Waals surface area contributed by atoms with Gasteiger partial charge in [0.2, 0.25) is 0 Å². The van der Waals surface area contributed by atoms with Crippen LogP contribution in [0.4, 0.5) is 0 Å². The zero-order valence-corrected chi connectivity index (χ0v) is 9.90. The Kier molecular flexibility index (Phi) is 3.11. The molecule has 0 spiro atoms. The minimum absolute atomic E-state index is 0.104. The first-order valence-electron chi connectivity index (χ1n) is 5.03. The molecule has 2 aromatic rings. The van der Waals surface area contributed by atoms with Gasteiger partial charge in [0.05, 0.1) is 10.6 Å². The highest BCUT2D eigenvalue weighted by Crippen LogP contribution is 2.26. The summed E-state index contributed by atoms with van der Waals surface area (Å²) in [5.41, 5.74) is 2.86. The van der Waals surface area contributed by atoms with Crippen LogP contribution < -0.4 is 0 Å². The maximum Gasteiger partial charge on any atom is 0.337 e. The van der Waals surface area contributed by atoms with Gasteiger partial charge >= 0.3 is 5.97 Å². The van der Waals surface area contributed by atoms with Gasteiger partial charge in [-0.2, -0.15) is 0 Å². The summed E-state index contributed by atoms with van der Waals surface area (Å²) in [5, 5.41) is 9.24. The van der Waals surface area contributed by atoms with E-state index in [0.717, 1.165) is 16.7 Å². The molecule has 0 saturated heterocycles. The molecule has 0 saturated carbocycles. The van der Waals surface area contributed by atoms with E-state index in [1.165, 1.54) is 0 Å². The second-order valence-corrected chi connectivity index (χ2v) is 4.10. The summed E-state index contributed by atoms with van der Waals surface area (Å²) in [5.74, 6) is -1.03. The molecule has 0 bridgehead atoms. The normalized spacial score (nSPS) is 10.2. The Morgan fingerprint density at radius 2 is 2.12 bits per heavy atom. The summed E-state index contributed by atoms with van der Waals surface area (Å²) in [6.07, 6.45) is 3.41. The third kappa shape index (κ3) is 2.29. The Morgan fingerprint density at radius 1 is 1.35 bits per heavy atom. The zero-order chi connectivity index (χ0) is 12.4. The Morgan fingerprint density at radius 3 is 2.76 bits per heavy atom. The molecule has 4 heteroatoms. The number of aromatic carboxylic acids is 1. The SMILES string of the molecule is Cc1ccncc1-c1ccc(Cl)c(C(=O)O)c1. The van der Waals surface area contributed by atoms with Gasteiger partial charge < -0.3 is 5.11 Å². The number of carboxylic acid groups (broad SMARTS) is 1. The molecule has 86 valence electrons. The van der Waals surface area contributed by atoms with Crippen molar-refractivity contribution in [2.24, 2.45) is 0 Å². The topological polar surface area (TPSA) is 50.2 Å². The van der Waals surface area contributed by atoms with E-state index in [4.69, 9.17) is 16.7 Å². The van der Waals surface area contributed by atoms with Crippen molar-refractivity contribution in [2.75, 3.05) is 0 Å². The fraction of sp³-hybridized carbons (Fsp3) is 0.0769. The van der Waals surface area contributed by atoms with Crippen molar-refractivity contribution in [1.82, 2.24) is 4.98 Å². The minimum Gasteiger partial charge on any atom is -0.478 e. The highest BCUT2D eigenvalue weighted by Gasteiger charge is 2.11. The summed E-state index contributed by atoms with van der Waals surface area (Å²) in [7, 11) is 0. The fourth-order valence-electron chi connectivity index (χ4n) is 1.62. The third-order valence-electron chi connectivity index (χ3n) is 2.55. The monoisotopic (exact) mass is 247 g/mol. The standard InChI is InChI=1S/C13H10ClNO2/c1-8-4-5-15-7-11(8)9-2-3-12(14)10(6-9)13(16)17/h2-7H,1H3,(H,16,17). The van der Waals surface area contributed by atoms with Gasteiger partial charge in [0.1, 0.15) is 0 Å². The van der Waals surface area contributed by atoms with Crippen LogP contribution in [0, 0.1) is 6.92 Å². The summed E-state index contributed by atoms with van der Waals surface area (Å²) in [6, 6.07) is 6.82. The van der Waals surface area contributed by atoms with E-state index < -0.39 is 5.97 Å². The van der Waals surface area contributed by atoms with E-state index in [1.54, 1.807) is 30.6 Å². The molecule has 0 amide bonds. The average Bonchev–Trinajstić information content (AvgIpc) is 2.30. The van der Waals surface area contributed by atoms with Crippen molar-refractivity contribution in [3.05, 3.63) is 52.8 Å². The molecule has 0 atom stereocenters. The molecule has 1 heterocycles. The number of halogens is 1. The Hall–Kier alpha value is -1.87. The van der Waals surface area contributed by atoms with Gasteiger partial charge in [0, 0.05) is 18.0 Å². The minimum atomic E-state index is -1.03. The molecular weight excluding hydrogens is 238 g/mol. The molecule has 3 nitrogen and oxygen atoms in total. The number of hydrogen-bond acceptors (Lipinski definition) is 2. The highest BCUT2D eigenvalue weighted by atomic mass is 35.5. The molecule has 1 aromatic heterocycles. The number of carboxylic acids is 1. The van der Waals surface area contributed by atoms with Crippen LogP contribution in [-0.4, -0.2) is 16.1 Å². The molecule has 0 radical (unpaired) electrons. The van der Waals surface area contributed by atoms with Gasteiger partial charge in [0.15, 0.2) is 0 Å². The van der Waals surface area contributed by atoms with Crippen LogP contribution in [0.25, 0.3) is 11.1 Å². The summed E-state index contributed by atoms with van der Waals surface area (Å²) in [6.45, 7) is 1.95. The van der Waals surface area contributed by atoms with Crippen molar-refractivity contribution in [3.63, 3.8) is 0 Å². The van der Waals surface area contributed by atoms with Gasteiger partial charge in [0.25, 0.3) is 0 Å². The van der Waals surface area contributed by atoms with Crippen LogP contribution in [0.5, 0.6) is 0 Å². The van der Waals surface area contributed by atoms with Gasteiger partial charge in [-0.25, -0.2) is 4.79 Å². The fourth-order valence-corrected chi connectivity index (χ4v) is 1.82. The predicted molar refractivity (Wildman–Crippen MR) is 66.4 cm³/mol. The molecule has 2 rings (SSSR count). The number of carbonyl (C=O) groups is 1. The number of aryl methyl sites for hydroxylation is 1. The lowest BCUT2D eigenvalue weighted by molar-refractivity contribution is 0.0697. The maximum atomic E-state index is 11.0. The Balaban J connectivity index is 2.58. The van der Waals surface area contributed by atoms with E-state index in [-0.39, 0.29) is 10.6 Å². The van der Waals surface area contributed by atoms with Gasteiger partial charge in [-0.3, -0.25) is 4.98 Å². The van der Waals surface area contributed by atoms with E-state index in [9.17, 15) is 4.79 Å². The maximum absolute atomic E-state index is 11.0. The molecule has 0 aliphatic heterocycles. The summed E-state index contributed by atoms with van der Waals surface area (Å²) >= 11 is 5.82. The molecule has 0 aliphatic carbocycles. The van der Waals surface area contributed by atoms with Crippen molar-refractivity contribution in [3.8, 4) is 11.1 Å². The summed E-state index contributed by atoms with van der Waals surface area (Å²) in [4.78, 5) is 15.0. The second-order valence-electron chi connectivity index (χ2n) is 3.69. The first-order chi connectivity index (χ1) is 8.09. The lowest BCUT2D eigenvalue weighted by Gasteiger charge is -2.07. The van der Waals surface area contributed by atoms with Crippen molar-refractivity contribution in [2.45, 2.75) is 6.92 Å². The van der Waals surface area contributed by atoms with Crippen LogP contribution in [0.1, 0.15) is 15.9 Å². The molecule has 1 N–H and O–H groups in total. The smallest absolute Gasteiger partial charge is 0.337 e. The lowest BCUT2D eigenvalue weighted by Crippen LogP contribution is -1.98. The molecular formula is C13H10ClNO2. The molecule has 17 heavy (non-hydrogen) atoms. The van der Waals surface area contributed by atoms with E-state index in [2.05, 4.69) is 4.98 Å². The van der Waals surface area contributed by atoms with Gasteiger partial charge in [-0.05, 0) is 36.2 Å². The molecule has 0 unspecified atom stereocenters. The van der Waals surface area contributed by atoms with Gasteiger partial charge in [-0.1, -0.05) is 17.7 Å². The second kappa shape index (κ2) is 4.55. The van der Waals surface area contributed by atoms with Crippen molar-refractivity contribution >= 4 is 17.6 Å². The zero-order valence-electron chi connectivity index (χ0n) is 9.14. The van der Waals surface area contributed by atoms with Crippen LogP contribution in [-0.2, 0) is 0 Å². The Bertz CT molecular complexity index is 581. The van der Waals surface area contributed by atoms with Crippen LogP contribution >= 0.6 is 11.6 Å².